The third-order valence-corrected chi connectivity index (χ3v) is 7.92. The van der Waals surface area contributed by atoms with Crippen LogP contribution in [-0.4, -0.2) is 17.9 Å². The van der Waals surface area contributed by atoms with E-state index in [4.69, 9.17) is 14.2 Å². The molecule has 0 fully saturated rings. The normalized spacial score (nSPS) is 11.0. The van der Waals surface area contributed by atoms with Crippen molar-refractivity contribution in [3.8, 4) is 17.2 Å². The molecule has 0 saturated carbocycles. The minimum absolute atomic E-state index is 0.232. The summed E-state index contributed by atoms with van der Waals surface area (Å²) in [7, 11) is 0. The van der Waals surface area contributed by atoms with E-state index in [1.807, 2.05) is 0 Å². The SMILES string of the molecule is CCCCCCCCCC(=O)Oc1cc(OC(=O)CCCCCCCCC)c(C)c(OC(=O)CCCCCCCCC)c1. The molecule has 6 heteroatoms. The maximum absolute atomic E-state index is 12.7. The summed E-state index contributed by atoms with van der Waals surface area (Å²) < 4.78 is 17.0. The number of hydrogen-bond acceptors (Lipinski definition) is 6. The molecule has 0 radical (unpaired) electrons. The van der Waals surface area contributed by atoms with E-state index >= 15 is 0 Å². The van der Waals surface area contributed by atoms with Gasteiger partial charge in [-0.3, -0.25) is 14.4 Å². The fraction of sp³-hybridized carbons (Fsp3) is 0.757. The first kappa shape index (κ1) is 38.7. The van der Waals surface area contributed by atoms with Crippen LogP contribution in [0.3, 0.4) is 0 Å². The zero-order valence-electron chi connectivity index (χ0n) is 28.1. The van der Waals surface area contributed by atoms with Crippen LogP contribution in [0.1, 0.15) is 180 Å². The van der Waals surface area contributed by atoms with Gasteiger partial charge in [0, 0.05) is 37.0 Å². The van der Waals surface area contributed by atoms with E-state index in [-0.39, 0.29) is 35.2 Å². The van der Waals surface area contributed by atoms with E-state index in [2.05, 4.69) is 20.8 Å². The molecule has 0 aliphatic carbocycles. The number of benzene rings is 1. The zero-order chi connectivity index (χ0) is 31.5. The summed E-state index contributed by atoms with van der Waals surface area (Å²) in [6, 6.07) is 3.13. The monoisotopic (exact) mass is 602 g/mol. The van der Waals surface area contributed by atoms with Crippen molar-refractivity contribution < 1.29 is 28.6 Å². The number of ether oxygens (including phenoxy) is 3. The lowest BCUT2D eigenvalue weighted by Crippen LogP contribution is -2.13. The van der Waals surface area contributed by atoms with Crippen LogP contribution in [0.2, 0.25) is 0 Å². The molecule has 0 aliphatic rings. The maximum Gasteiger partial charge on any atom is 0.311 e. The van der Waals surface area contributed by atoms with E-state index in [0.717, 1.165) is 57.8 Å². The third-order valence-electron chi connectivity index (χ3n) is 7.92. The Hall–Kier alpha value is -2.37. The molecule has 0 saturated heterocycles. The molecule has 0 amide bonds. The molecule has 1 aromatic rings. The Kier molecular flexibility index (Phi) is 23.4. The van der Waals surface area contributed by atoms with Gasteiger partial charge in [-0.15, -0.1) is 0 Å². The van der Waals surface area contributed by atoms with Crippen molar-refractivity contribution in [3.63, 3.8) is 0 Å². The predicted molar refractivity (Wildman–Crippen MR) is 176 cm³/mol. The summed E-state index contributed by atoms with van der Waals surface area (Å²) in [5, 5.41) is 0. The quantitative estimate of drug-likeness (QED) is 0.0566. The lowest BCUT2D eigenvalue weighted by Gasteiger charge is -2.15. The first-order valence-corrected chi connectivity index (χ1v) is 17.7. The summed E-state index contributed by atoms with van der Waals surface area (Å²) in [5.74, 6) is -0.220. The van der Waals surface area contributed by atoms with Crippen LogP contribution in [0.15, 0.2) is 12.1 Å². The topological polar surface area (TPSA) is 78.9 Å². The first-order valence-electron chi connectivity index (χ1n) is 17.7. The van der Waals surface area contributed by atoms with E-state index < -0.39 is 0 Å². The largest absolute Gasteiger partial charge is 0.426 e. The van der Waals surface area contributed by atoms with Crippen LogP contribution in [-0.2, 0) is 14.4 Å². The van der Waals surface area contributed by atoms with E-state index in [1.54, 1.807) is 19.1 Å². The summed E-state index contributed by atoms with van der Waals surface area (Å²) in [6.45, 7) is 8.37. The Labute approximate surface area is 263 Å². The van der Waals surface area contributed by atoms with Crippen molar-refractivity contribution in [2.75, 3.05) is 0 Å². The van der Waals surface area contributed by atoms with E-state index in [0.29, 0.717) is 24.8 Å². The summed E-state index contributed by atoms with van der Waals surface area (Å²) in [6.07, 6.45) is 24.4. The van der Waals surface area contributed by atoms with Crippen LogP contribution in [0.4, 0.5) is 0 Å². The summed E-state index contributed by atoms with van der Waals surface area (Å²) >= 11 is 0. The number of carbonyl (C=O) groups excluding carboxylic acids is 3. The van der Waals surface area contributed by atoms with Crippen molar-refractivity contribution in [3.05, 3.63) is 17.7 Å². The van der Waals surface area contributed by atoms with Crippen LogP contribution in [0.25, 0.3) is 0 Å². The molecule has 0 aliphatic heterocycles. The summed E-state index contributed by atoms with van der Waals surface area (Å²) in [5.41, 5.74) is 0.549. The fourth-order valence-corrected chi connectivity index (χ4v) is 5.12. The highest BCUT2D eigenvalue weighted by atomic mass is 16.6. The molecular formula is C37H62O6. The molecule has 0 aromatic heterocycles. The van der Waals surface area contributed by atoms with Gasteiger partial charge in [0.1, 0.15) is 17.2 Å². The molecule has 0 unspecified atom stereocenters. The van der Waals surface area contributed by atoms with E-state index in [1.165, 1.54) is 77.0 Å². The Morgan fingerprint density at radius 2 is 0.721 bits per heavy atom. The second-order valence-electron chi connectivity index (χ2n) is 12.1. The average Bonchev–Trinajstić information content (AvgIpc) is 2.98. The molecule has 246 valence electrons. The molecule has 43 heavy (non-hydrogen) atoms. The molecule has 1 rings (SSSR count). The number of esters is 3. The molecule has 0 N–H and O–H groups in total. The fourth-order valence-electron chi connectivity index (χ4n) is 5.12. The number of hydrogen-bond donors (Lipinski definition) is 0. The van der Waals surface area contributed by atoms with Gasteiger partial charge in [0.25, 0.3) is 0 Å². The first-order chi connectivity index (χ1) is 20.9. The highest BCUT2D eigenvalue weighted by Crippen LogP contribution is 2.35. The van der Waals surface area contributed by atoms with Gasteiger partial charge < -0.3 is 14.2 Å². The van der Waals surface area contributed by atoms with Crippen LogP contribution in [0.5, 0.6) is 17.2 Å². The standard InChI is InChI=1S/C37H62O6/c1-5-8-11-14-17-20-23-26-35(38)41-32-29-33(42-36(39)27-24-21-18-15-12-9-6-2)31(4)34(30-32)43-37(40)28-25-22-19-16-13-10-7-3/h29-30H,5-28H2,1-4H3. The van der Waals surface area contributed by atoms with Crippen LogP contribution in [0, 0.1) is 6.92 Å². The number of unbranched alkanes of at least 4 members (excludes halogenated alkanes) is 18. The Balaban J connectivity index is 2.74. The van der Waals surface area contributed by atoms with Crippen molar-refractivity contribution >= 4 is 17.9 Å². The molecule has 0 atom stereocenters. The lowest BCUT2D eigenvalue weighted by atomic mass is 10.1. The maximum atomic E-state index is 12.7. The minimum atomic E-state index is -0.335. The van der Waals surface area contributed by atoms with Gasteiger partial charge in [-0.25, -0.2) is 0 Å². The van der Waals surface area contributed by atoms with Crippen molar-refractivity contribution in [2.24, 2.45) is 0 Å². The molecule has 0 bridgehead atoms. The number of rotatable bonds is 27. The van der Waals surface area contributed by atoms with Crippen molar-refractivity contribution in [2.45, 2.75) is 182 Å². The van der Waals surface area contributed by atoms with Gasteiger partial charge in [0.05, 0.1) is 0 Å². The molecule has 0 heterocycles. The van der Waals surface area contributed by atoms with Gasteiger partial charge in [-0.05, 0) is 26.2 Å². The van der Waals surface area contributed by atoms with Gasteiger partial charge in [0.2, 0.25) is 0 Å². The van der Waals surface area contributed by atoms with Crippen molar-refractivity contribution in [1.82, 2.24) is 0 Å². The number of carbonyl (C=O) groups is 3. The summed E-state index contributed by atoms with van der Waals surface area (Å²) in [4.78, 5) is 37.9. The van der Waals surface area contributed by atoms with Gasteiger partial charge in [-0.2, -0.15) is 0 Å². The minimum Gasteiger partial charge on any atom is -0.426 e. The Morgan fingerprint density at radius 3 is 1.05 bits per heavy atom. The zero-order valence-corrected chi connectivity index (χ0v) is 28.1. The van der Waals surface area contributed by atoms with Crippen LogP contribution < -0.4 is 14.2 Å². The third kappa shape index (κ3) is 20.3. The smallest absolute Gasteiger partial charge is 0.311 e. The van der Waals surface area contributed by atoms with Crippen LogP contribution >= 0.6 is 0 Å². The van der Waals surface area contributed by atoms with Gasteiger partial charge >= 0.3 is 17.9 Å². The Bertz CT molecular complexity index is 840. The predicted octanol–water partition coefficient (Wildman–Crippen LogP) is 11.1. The van der Waals surface area contributed by atoms with Gasteiger partial charge in [-0.1, -0.05) is 136 Å². The second-order valence-corrected chi connectivity index (χ2v) is 12.1. The average molecular weight is 603 g/mol. The molecule has 1 aromatic carbocycles. The second kappa shape index (κ2) is 26.1. The van der Waals surface area contributed by atoms with Gasteiger partial charge in [0.15, 0.2) is 0 Å². The highest BCUT2D eigenvalue weighted by Gasteiger charge is 2.18. The lowest BCUT2D eigenvalue weighted by molar-refractivity contribution is -0.135. The molecule has 0 spiro atoms. The molecular weight excluding hydrogens is 540 g/mol. The van der Waals surface area contributed by atoms with Crippen molar-refractivity contribution in [1.29, 1.82) is 0 Å². The van der Waals surface area contributed by atoms with E-state index in [9.17, 15) is 14.4 Å². The Morgan fingerprint density at radius 1 is 0.442 bits per heavy atom. The highest BCUT2D eigenvalue weighted by molar-refractivity contribution is 5.77. The molecule has 6 nitrogen and oxygen atoms in total.